The fraction of sp³-hybridized carbons (Fsp3) is 0.240. The molecule has 2 aliphatic rings. The second-order valence-corrected chi connectivity index (χ2v) is 8.41. The van der Waals surface area contributed by atoms with Crippen LogP contribution in [0.1, 0.15) is 40.0 Å². The van der Waals surface area contributed by atoms with Gasteiger partial charge in [0, 0.05) is 47.9 Å². The van der Waals surface area contributed by atoms with Crippen LogP contribution in [0.15, 0.2) is 49.0 Å². The number of imide groups is 1. The molecule has 0 spiro atoms. The first-order valence-electron chi connectivity index (χ1n) is 10.8. The number of nitrogens with one attached hydrogen (secondary N) is 3. The van der Waals surface area contributed by atoms with E-state index in [4.69, 9.17) is 4.74 Å². The summed E-state index contributed by atoms with van der Waals surface area (Å²) in [6, 6.07) is 12.9. The number of carbonyl (C=O) groups is 3. The van der Waals surface area contributed by atoms with Crippen LogP contribution in [-0.2, 0) is 27.5 Å². The summed E-state index contributed by atoms with van der Waals surface area (Å²) in [7, 11) is 1.65. The van der Waals surface area contributed by atoms with Crippen LogP contribution >= 0.6 is 0 Å². The smallest absolute Gasteiger partial charge is 0.272 e. The van der Waals surface area contributed by atoms with Gasteiger partial charge in [0.25, 0.3) is 5.91 Å². The molecule has 2 aromatic carbocycles. The number of hydrogen-bond acceptors (Lipinski definition) is 5. The van der Waals surface area contributed by atoms with Crippen molar-refractivity contribution in [2.24, 2.45) is 0 Å². The van der Waals surface area contributed by atoms with Crippen molar-refractivity contribution in [3.63, 3.8) is 0 Å². The Morgan fingerprint density at radius 2 is 2.06 bits per heavy atom. The highest BCUT2D eigenvalue weighted by atomic mass is 16.5. The molecule has 168 valence electrons. The van der Waals surface area contributed by atoms with Crippen molar-refractivity contribution >= 4 is 40.0 Å². The van der Waals surface area contributed by atoms with Crippen LogP contribution < -0.4 is 10.6 Å². The Kier molecular flexibility index (Phi) is 5.22. The summed E-state index contributed by atoms with van der Waals surface area (Å²) >= 11 is 0. The molecule has 3 heterocycles. The Bertz CT molecular complexity index is 1310. The lowest BCUT2D eigenvalue weighted by Crippen LogP contribution is -2.50. The van der Waals surface area contributed by atoms with Crippen molar-refractivity contribution in [2.75, 3.05) is 12.4 Å². The zero-order valence-electron chi connectivity index (χ0n) is 18.2. The van der Waals surface area contributed by atoms with Crippen LogP contribution in [0, 0.1) is 0 Å². The van der Waals surface area contributed by atoms with Gasteiger partial charge in [-0.3, -0.25) is 19.7 Å². The maximum Gasteiger partial charge on any atom is 0.272 e. The van der Waals surface area contributed by atoms with Crippen LogP contribution in [-0.4, -0.2) is 40.8 Å². The lowest BCUT2D eigenvalue weighted by Gasteiger charge is -2.31. The van der Waals surface area contributed by atoms with Crippen molar-refractivity contribution in [1.82, 2.24) is 15.2 Å². The van der Waals surface area contributed by atoms with E-state index in [1.165, 1.54) is 0 Å². The second-order valence-electron chi connectivity index (χ2n) is 8.41. The zero-order chi connectivity index (χ0) is 23.1. The van der Waals surface area contributed by atoms with E-state index < -0.39 is 6.04 Å². The number of anilines is 1. The minimum atomic E-state index is -0.421. The molecule has 2 aliphatic heterocycles. The van der Waals surface area contributed by atoms with Crippen LogP contribution in [0.2, 0.25) is 0 Å². The molecule has 1 saturated heterocycles. The van der Waals surface area contributed by atoms with E-state index >= 15 is 0 Å². The third-order valence-electron chi connectivity index (χ3n) is 6.19. The maximum absolute atomic E-state index is 12.9. The number of fused-ring (bicyclic) bond motifs is 2. The molecule has 0 bridgehead atoms. The number of methoxy groups -OCH3 is 1. The molecule has 3 N–H and O–H groups in total. The third-order valence-corrected chi connectivity index (χ3v) is 6.19. The number of nitrogens with zero attached hydrogens (tertiary/aromatic N) is 1. The van der Waals surface area contributed by atoms with Crippen molar-refractivity contribution in [1.29, 1.82) is 0 Å². The molecule has 3 amide bonds. The predicted molar refractivity (Wildman–Crippen MR) is 124 cm³/mol. The number of aromatic nitrogens is 1. The Morgan fingerprint density at radius 1 is 1.21 bits per heavy atom. The quantitative estimate of drug-likeness (QED) is 0.525. The van der Waals surface area contributed by atoms with E-state index in [1.54, 1.807) is 7.11 Å². The average molecular weight is 444 g/mol. The average Bonchev–Trinajstić information content (AvgIpc) is 3.35. The highest BCUT2D eigenvalue weighted by molar-refractivity contribution is 6.06. The maximum atomic E-state index is 12.9. The lowest BCUT2D eigenvalue weighted by atomic mass is 10.0. The number of benzene rings is 2. The van der Waals surface area contributed by atoms with Gasteiger partial charge in [-0.15, -0.1) is 0 Å². The monoisotopic (exact) mass is 444 g/mol. The fourth-order valence-corrected chi connectivity index (χ4v) is 4.55. The molecule has 1 aromatic heterocycles. The van der Waals surface area contributed by atoms with Gasteiger partial charge in [0.1, 0.15) is 11.7 Å². The van der Waals surface area contributed by atoms with E-state index in [-0.39, 0.29) is 17.7 Å². The van der Waals surface area contributed by atoms with Crippen molar-refractivity contribution in [3.8, 4) is 0 Å². The zero-order valence-corrected chi connectivity index (χ0v) is 18.2. The van der Waals surface area contributed by atoms with Gasteiger partial charge >= 0.3 is 0 Å². The summed E-state index contributed by atoms with van der Waals surface area (Å²) < 4.78 is 5.17. The summed E-state index contributed by atoms with van der Waals surface area (Å²) in [5.41, 5.74) is 5.69. The minimum Gasteiger partial charge on any atom is -0.380 e. The van der Waals surface area contributed by atoms with Gasteiger partial charge < -0.3 is 19.9 Å². The Balaban J connectivity index is 1.32. The number of amides is 3. The first-order chi connectivity index (χ1) is 15.9. The summed E-state index contributed by atoms with van der Waals surface area (Å²) in [5.74, 6) is -0.769. The van der Waals surface area contributed by atoms with E-state index in [0.29, 0.717) is 37.4 Å². The molecule has 3 aromatic rings. The first-order valence-corrected chi connectivity index (χ1v) is 10.8. The van der Waals surface area contributed by atoms with Crippen molar-refractivity contribution in [2.45, 2.75) is 32.0 Å². The molecule has 1 atom stereocenters. The number of piperidine rings is 1. The number of carbonyl (C=O) groups excluding carboxylic acids is 3. The molecule has 33 heavy (non-hydrogen) atoms. The molecule has 1 unspecified atom stereocenters. The topological polar surface area (TPSA) is 104 Å². The lowest BCUT2D eigenvalue weighted by molar-refractivity contribution is -0.136. The van der Waals surface area contributed by atoms with Crippen LogP contribution in [0.4, 0.5) is 5.69 Å². The molecule has 0 aliphatic carbocycles. The number of rotatable bonds is 5. The third kappa shape index (κ3) is 3.89. The van der Waals surface area contributed by atoms with E-state index in [1.807, 2.05) is 47.4 Å². The number of aromatic amines is 1. The van der Waals surface area contributed by atoms with Gasteiger partial charge in [0.2, 0.25) is 11.8 Å². The van der Waals surface area contributed by atoms with Crippen molar-refractivity contribution in [3.05, 3.63) is 71.4 Å². The van der Waals surface area contributed by atoms with Gasteiger partial charge in [-0.1, -0.05) is 24.8 Å². The predicted octanol–water partition coefficient (Wildman–Crippen LogP) is 3.16. The Hall–Kier alpha value is -3.91. The van der Waals surface area contributed by atoms with E-state index in [0.717, 1.165) is 33.3 Å². The summed E-state index contributed by atoms with van der Waals surface area (Å²) in [4.78, 5) is 41.7. The van der Waals surface area contributed by atoms with Crippen molar-refractivity contribution < 1.29 is 19.1 Å². The van der Waals surface area contributed by atoms with Crippen LogP contribution in [0.25, 0.3) is 16.6 Å². The molecule has 8 nitrogen and oxygen atoms in total. The van der Waals surface area contributed by atoms with Crippen LogP contribution in [0.5, 0.6) is 0 Å². The molecule has 0 radical (unpaired) electrons. The molecule has 0 saturated carbocycles. The molecule has 8 heteroatoms. The normalized spacial score (nSPS) is 17.9. The highest BCUT2D eigenvalue weighted by Crippen LogP contribution is 2.36. The Morgan fingerprint density at radius 3 is 2.85 bits per heavy atom. The number of hydrogen-bond donors (Lipinski definition) is 3. The van der Waals surface area contributed by atoms with E-state index in [2.05, 4.69) is 22.2 Å². The molecule has 5 rings (SSSR count). The summed E-state index contributed by atoms with van der Waals surface area (Å²) in [6.45, 7) is 5.15. The van der Waals surface area contributed by atoms with Gasteiger partial charge in [0.15, 0.2) is 0 Å². The largest absolute Gasteiger partial charge is 0.380 e. The second kappa shape index (κ2) is 8.22. The first kappa shape index (κ1) is 21.0. The van der Waals surface area contributed by atoms with Gasteiger partial charge in [-0.25, -0.2) is 0 Å². The minimum absolute atomic E-state index is 0.238. The number of ether oxygens (including phenoxy) is 1. The number of H-pyrrole nitrogens is 1. The molecular weight excluding hydrogens is 420 g/mol. The van der Waals surface area contributed by atoms with Gasteiger partial charge in [-0.2, -0.15) is 0 Å². The molecule has 1 fully saturated rings. The van der Waals surface area contributed by atoms with E-state index in [9.17, 15) is 14.4 Å². The fourth-order valence-electron chi connectivity index (χ4n) is 4.55. The van der Waals surface area contributed by atoms with Gasteiger partial charge in [-0.05, 0) is 41.8 Å². The van der Waals surface area contributed by atoms with Crippen LogP contribution in [0.3, 0.4) is 0 Å². The summed E-state index contributed by atoms with van der Waals surface area (Å²) in [6.07, 6.45) is 0.781. The standard InChI is InChI=1S/C25H24N4O4/c1-14-19-6-5-18(10-17(19)12-29(14)22-7-8-23(30)28-25(22)32)26-24(31)21-11-16-4-3-15(13-33-2)9-20(16)27-21/h3-6,9-11,22,27H,1,7-8,12-13H2,2H3,(H,26,31)(H,28,30,32). The summed E-state index contributed by atoms with van der Waals surface area (Å²) in [5, 5.41) is 6.30. The SMILES string of the molecule is C=C1c2ccc(NC(=O)c3cc4ccc(COC)cc4[nH]3)cc2CN1C1CCC(=O)NC1=O. The highest BCUT2D eigenvalue weighted by Gasteiger charge is 2.36. The Labute approximate surface area is 190 Å². The van der Waals surface area contributed by atoms with Gasteiger partial charge in [0.05, 0.1) is 6.61 Å². The molecular formula is C25H24N4O4.